The number of rotatable bonds is 6. The lowest BCUT2D eigenvalue weighted by Gasteiger charge is -2.30. The van der Waals surface area contributed by atoms with E-state index in [4.69, 9.17) is 4.42 Å². The molecule has 1 aromatic carbocycles. The molecule has 8 heteroatoms. The molecule has 1 amide bonds. The van der Waals surface area contributed by atoms with E-state index in [-0.39, 0.29) is 11.8 Å². The molecule has 0 N–H and O–H groups in total. The van der Waals surface area contributed by atoms with E-state index in [1.54, 1.807) is 0 Å². The van der Waals surface area contributed by atoms with Crippen LogP contribution in [0.3, 0.4) is 0 Å². The van der Waals surface area contributed by atoms with Gasteiger partial charge in [-0.3, -0.25) is 4.79 Å². The molecule has 0 atom stereocenters. The van der Waals surface area contributed by atoms with Crippen molar-refractivity contribution in [2.24, 2.45) is 0 Å². The molecule has 3 heterocycles. The second kappa shape index (κ2) is 7.82. The average Bonchev–Trinajstić information content (AvgIpc) is 3.37. The highest BCUT2D eigenvalue weighted by atomic mass is 32.2. The second-order valence-corrected chi connectivity index (χ2v) is 8.77. The summed E-state index contributed by atoms with van der Waals surface area (Å²) < 4.78 is 8.09. The maximum Gasteiger partial charge on any atom is 0.233 e. The van der Waals surface area contributed by atoms with E-state index in [0.29, 0.717) is 11.7 Å². The summed E-state index contributed by atoms with van der Waals surface area (Å²) in [7, 11) is 0. The lowest BCUT2D eigenvalue weighted by Crippen LogP contribution is -2.39. The van der Waals surface area contributed by atoms with Gasteiger partial charge in [-0.05, 0) is 44.7 Å². The Hall–Kier alpha value is -2.35. The number of nitrogens with zero attached hydrogens (tertiary/aromatic N) is 5. The summed E-state index contributed by atoms with van der Waals surface area (Å²) in [6, 6.07) is 7.86. The fourth-order valence-electron chi connectivity index (χ4n) is 4.01. The van der Waals surface area contributed by atoms with Crippen molar-refractivity contribution in [1.82, 2.24) is 24.6 Å². The van der Waals surface area contributed by atoms with Crippen molar-refractivity contribution >= 4 is 28.8 Å². The number of fused-ring (bicyclic) bond motifs is 1. The maximum atomic E-state index is 12.7. The van der Waals surface area contributed by atoms with Crippen molar-refractivity contribution in [2.75, 3.05) is 18.8 Å². The van der Waals surface area contributed by atoms with Gasteiger partial charge >= 0.3 is 0 Å². The van der Waals surface area contributed by atoms with Gasteiger partial charge in [-0.1, -0.05) is 23.9 Å². The summed E-state index contributed by atoms with van der Waals surface area (Å²) in [6.45, 7) is 4.45. The second-order valence-electron chi connectivity index (χ2n) is 7.82. The minimum Gasteiger partial charge on any atom is -0.440 e. The summed E-state index contributed by atoms with van der Waals surface area (Å²) in [5.74, 6) is 3.32. The molecule has 0 spiro atoms. The summed E-state index contributed by atoms with van der Waals surface area (Å²) >= 11 is 1.51. The minimum absolute atomic E-state index is 0.171. The van der Waals surface area contributed by atoms with Gasteiger partial charge in [0.1, 0.15) is 11.3 Å². The highest BCUT2D eigenvalue weighted by Crippen LogP contribution is 2.40. The molecule has 7 nitrogen and oxygen atoms in total. The predicted octanol–water partition coefficient (Wildman–Crippen LogP) is 3.81. The number of para-hydroxylation sites is 2. The van der Waals surface area contributed by atoms with Gasteiger partial charge in [0.05, 0.1) is 5.75 Å². The van der Waals surface area contributed by atoms with Crippen LogP contribution >= 0.6 is 11.8 Å². The van der Waals surface area contributed by atoms with Crippen LogP contribution in [0.1, 0.15) is 56.2 Å². The van der Waals surface area contributed by atoms with Crippen LogP contribution < -0.4 is 0 Å². The molecule has 2 fully saturated rings. The van der Waals surface area contributed by atoms with Gasteiger partial charge in [0.25, 0.3) is 0 Å². The molecule has 1 aliphatic carbocycles. The Labute approximate surface area is 173 Å². The van der Waals surface area contributed by atoms with Crippen LogP contribution in [0.25, 0.3) is 11.1 Å². The number of carbonyl (C=O) groups is 1. The Morgan fingerprint density at radius 3 is 2.66 bits per heavy atom. The van der Waals surface area contributed by atoms with Crippen molar-refractivity contribution in [2.45, 2.75) is 56.1 Å². The van der Waals surface area contributed by atoms with Crippen LogP contribution in [-0.4, -0.2) is 49.4 Å². The maximum absolute atomic E-state index is 12.7. The van der Waals surface area contributed by atoms with E-state index in [2.05, 4.69) is 26.7 Å². The number of hydrogen-bond acceptors (Lipinski definition) is 6. The summed E-state index contributed by atoms with van der Waals surface area (Å²) in [4.78, 5) is 19.3. The SMILES string of the molecule is CCn1c(SCC(=O)N2CCC(c3nc4ccccc4o3)CC2)nnc1C1CC1. The molecule has 2 aromatic heterocycles. The molecule has 0 bridgehead atoms. The van der Waals surface area contributed by atoms with E-state index in [0.717, 1.165) is 60.4 Å². The van der Waals surface area contributed by atoms with E-state index < -0.39 is 0 Å². The first-order valence-electron chi connectivity index (χ1n) is 10.4. The Morgan fingerprint density at radius 1 is 1.14 bits per heavy atom. The van der Waals surface area contributed by atoms with Crippen LogP contribution in [0, 0.1) is 0 Å². The smallest absolute Gasteiger partial charge is 0.233 e. The van der Waals surface area contributed by atoms with E-state index >= 15 is 0 Å². The number of oxazole rings is 1. The first-order valence-corrected chi connectivity index (χ1v) is 11.4. The highest BCUT2D eigenvalue weighted by molar-refractivity contribution is 7.99. The predicted molar refractivity (Wildman–Crippen MR) is 111 cm³/mol. The lowest BCUT2D eigenvalue weighted by atomic mass is 9.97. The minimum atomic E-state index is 0.171. The molecule has 152 valence electrons. The number of aromatic nitrogens is 4. The van der Waals surface area contributed by atoms with Gasteiger partial charge in [-0.25, -0.2) is 4.98 Å². The van der Waals surface area contributed by atoms with Crippen molar-refractivity contribution in [3.63, 3.8) is 0 Å². The van der Waals surface area contributed by atoms with Crippen molar-refractivity contribution < 1.29 is 9.21 Å². The van der Waals surface area contributed by atoms with Crippen LogP contribution in [0.4, 0.5) is 0 Å². The van der Waals surface area contributed by atoms with Gasteiger partial charge < -0.3 is 13.9 Å². The third kappa shape index (κ3) is 3.77. The average molecular weight is 412 g/mol. The molecule has 0 radical (unpaired) electrons. The first kappa shape index (κ1) is 18.7. The number of hydrogen-bond donors (Lipinski definition) is 0. The molecule has 1 saturated heterocycles. The molecule has 1 saturated carbocycles. The highest BCUT2D eigenvalue weighted by Gasteiger charge is 2.31. The van der Waals surface area contributed by atoms with E-state index in [1.807, 2.05) is 29.2 Å². The Balaban J connectivity index is 1.16. The summed E-state index contributed by atoms with van der Waals surface area (Å²) in [5, 5.41) is 9.54. The number of carbonyl (C=O) groups excluding carboxylic acids is 1. The molecule has 5 rings (SSSR count). The molecular weight excluding hydrogens is 386 g/mol. The fourth-order valence-corrected chi connectivity index (χ4v) is 4.92. The number of amides is 1. The van der Waals surface area contributed by atoms with Crippen molar-refractivity contribution in [3.8, 4) is 0 Å². The fraction of sp³-hybridized carbons (Fsp3) is 0.524. The summed E-state index contributed by atoms with van der Waals surface area (Å²) in [6.07, 6.45) is 4.19. The zero-order valence-electron chi connectivity index (χ0n) is 16.6. The Bertz CT molecular complexity index is 984. The van der Waals surface area contributed by atoms with Gasteiger partial charge in [0, 0.05) is 31.5 Å². The zero-order chi connectivity index (χ0) is 19.8. The Kier molecular flexibility index (Phi) is 5.03. The lowest BCUT2D eigenvalue weighted by molar-refractivity contribution is -0.129. The Morgan fingerprint density at radius 2 is 1.93 bits per heavy atom. The summed E-state index contributed by atoms with van der Waals surface area (Å²) in [5.41, 5.74) is 1.74. The quantitative estimate of drug-likeness (QED) is 0.574. The number of piperidine rings is 1. The molecule has 1 aliphatic heterocycles. The molecule has 2 aliphatic rings. The number of thioether (sulfide) groups is 1. The molecule has 3 aromatic rings. The van der Waals surface area contributed by atoms with E-state index in [9.17, 15) is 4.79 Å². The first-order chi connectivity index (χ1) is 14.2. The largest absolute Gasteiger partial charge is 0.440 e. The third-order valence-corrected chi connectivity index (χ3v) is 6.79. The van der Waals surface area contributed by atoms with Crippen LogP contribution in [-0.2, 0) is 11.3 Å². The molecule has 29 heavy (non-hydrogen) atoms. The van der Waals surface area contributed by atoms with Gasteiger partial charge in [0.15, 0.2) is 16.6 Å². The van der Waals surface area contributed by atoms with Gasteiger partial charge in [-0.15, -0.1) is 10.2 Å². The van der Waals surface area contributed by atoms with Crippen molar-refractivity contribution in [1.29, 1.82) is 0 Å². The van der Waals surface area contributed by atoms with Crippen LogP contribution in [0.5, 0.6) is 0 Å². The van der Waals surface area contributed by atoms with Crippen LogP contribution in [0.2, 0.25) is 0 Å². The third-order valence-electron chi connectivity index (χ3n) is 5.84. The zero-order valence-corrected chi connectivity index (χ0v) is 17.4. The number of benzene rings is 1. The normalized spacial score (nSPS) is 17.9. The van der Waals surface area contributed by atoms with E-state index in [1.165, 1.54) is 24.6 Å². The molecular formula is C21H25N5O2S. The molecule has 0 unspecified atom stereocenters. The van der Waals surface area contributed by atoms with Crippen molar-refractivity contribution in [3.05, 3.63) is 36.0 Å². The van der Waals surface area contributed by atoms with Crippen LogP contribution in [0.15, 0.2) is 33.8 Å². The topological polar surface area (TPSA) is 77.0 Å². The number of likely N-dealkylation sites (tertiary alicyclic amines) is 1. The van der Waals surface area contributed by atoms with Gasteiger partial charge in [0.2, 0.25) is 5.91 Å². The van der Waals surface area contributed by atoms with Gasteiger partial charge in [-0.2, -0.15) is 0 Å². The monoisotopic (exact) mass is 411 g/mol. The standard InChI is InChI=1S/C21H25N5O2S/c1-2-26-19(14-7-8-14)23-24-21(26)29-13-18(27)25-11-9-15(10-12-25)20-22-16-5-3-4-6-17(16)28-20/h3-6,14-15H,2,7-13H2,1H3.